The van der Waals surface area contributed by atoms with Crippen LogP contribution in [0.1, 0.15) is 39.2 Å². The Balaban J connectivity index is 2.28. The Morgan fingerprint density at radius 2 is 1.94 bits per heavy atom. The summed E-state index contributed by atoms with van der Waals surface area (Å²) < 4.78 is 11.3. The topological polar surface area (TPSA) is 55.1 Å². The molecule has 1 fully saturated rings. The van der Waals surface area contributed by atoms with Crippen LogP contribution in [0.4, 0.5) is 0 Å². The van der Waals surface area contributed by atoms with Crippen LogP contribution in [0, 0.1) is 11.3 Å². The van der Waals surface area contributed by atoms with Crippen LogP contribution in [0.5, 0.6) is 11.5 Å². The van der Waals surface area contributed by atoms with Crippen molar-refractivity contribution in [2.75, 3.05) is 0 Å². The maximum Gasteiger partial charge on any atom is 0.159 e. The molecule has 4 nitrogen and oxygen atoms in total. The van der Waals surface area contributed by atoms with Crippen molar-refractivity contribution < 1.29 is 9.47 Å². The fourth-order valence-electron chi connectivity index (χ4n) is 1.40. The minimum absolute atomic E-state index is 0.244. The third-order valence-corrected chi connectivity index (χ3v) is 2.22. The molecule has 0 aromatic carbocycles. The Hall–Kier alpha value is -1.76. The first-order chi connectivity index (χ1) is 7.99. The number of hydrogen-bond donors (Lipinski definition) is 0. The Labute approximate surface area is 101 Å². The van der Waals surface area contributed by atoms with Crippen molar-refractivity contribution in [2.45, 2.75) is 45.3 Å². The fraction of sp³-hybridized carbons (Fsp3) is 0.538. The van der Waals surface area contributed by atoms with Crippen LogP contribution in [0.25, 0.3) is 0 Å². The number of nitrogens with zero attached hydrogens (tertiary/aromatic N) is 2. The van der Waals surface area contributed by atoms with E-state index in [4.69, 9.17) is 9.47 Å². The number of aromatic nitrogens is 1. The van der Waals surface area contributed by atoms with Crippen LogP contribution in [-0.4, -0.2) is 16.7 Å². The molecule has 1 aliphatic carbocycles. The smallest absolute Gasteiger partial charge is 0.159 e. The van der Waals surface area contributed by atoms with E-state index in [0.717, 1.165) is 12.8 Å². The molecule has 0 aliphatic heterocycles. The van der Waals surface area contributed by atoms with E-state index in [0.29, 0.717) is 17.1 Å². The molecule has 4 heteroatoms. The summed E-state index contributed by atoms with van der Waals surface area (Å²) in [7, 11) is 0. The lowest BCUT2D eigenvalue weighted by molar-refractivity contribution is 0.129. The van der Waals surface area contributed by atoms with Gasteiger partial charge in [-0.15, -0.1) is 0 Å². The molecular weight excluding hydrogens is 216 g/mol. The van der Waals surface area contributed by atoms with E-state index < -0.39 is 0 Å². The normalized spacial score (nSPS) is 15.2. The Morgan fingerprint density at radius 1 is 1.29 bits per heavy atom. The summed E-state index contributed by atoms with van der Waals surface area (Å²) >= 11 is 0. The summed E-state index contributed by atoms with van der Waals surface area (Å²) in [6, 6.07) is 2.13. The molecule has 0 atom stereocenters. The van der Waals surface area contributed by atoms with Crippen molar-refractivity contribution in [3.8, 4) is 17.6 Å². The molecule has 0 spiro atoms. The molecule has 0 unspecified atom stereocenters. The van der Waals surface area contributed by atoms with E-state index in [9.17, 15) is 5.26 Å². The van der Waals surface area contributed by atoms with Gasteiger partial charge in [-0.2, -0.15) is 5.26 Å². The highest BCUT2D eigenvalue weighted by Gasteiger charge is 2.26. The van der Waals surface area contributed by atoms with E-state index in [2.05, 4.69) is 11.1 Å². The molecule has 0 N–H and O–H groups in total. The number of ether oxygens (including phenoxy) is 2. The molecule has 0 radical (unpaired) electrons. The van der Waals surface area contributed by atoms with Gasteiger partial charge in [0.2, 0.25) is 0 Å². The van der Waals surface area contributed by atoms with Crippen molar-refractivity contribution in [1.29, 1.82) is 5.26 Å². The van der Waals surface area contributed by atoms with Gasteiger partial charge in [0.25, 0.3) is 0 Å². The third-order valence-electron chi connectivity index (χ3n) is 2.22. The zero-order chi connectivity index (χ0) is 12.5. The Kier molecular flexibility index (Phi) is 2.93. The molecule has 1 saturated carbocycles. The minimum Gasteiger partial charge on any atom is -0.487 e. The lowest BCUT2D eigenvalue weighted by Crippen LogP contribution is -2.23. The van der Waals surface area contributed by atoms with E-state index in [1.54, 1.807) is 12.4 Å². The van der Waals surface area contributed by atoms with Crippen LogP contribution in [0.3, 0.4) is 0 Å². The lowest BCUT2D eigenvalue weighted by atomic mass is 10.2. The van der Waals surface area contributed by atoms with E-state index >= 15 is 0 Å². The second-order valence-electron chi connectivity index (χ2n) is 5.15. The number of nitriles is 1. The summed E-state index contributed by atoms with van der Waals surface area (Å²) in [5, 5.41) is 9.19. The highest BCUT2D eigenvalue weighted by Crippen LogP contribution is 2.33. The minimum atomic E-state index is -0.356. The van der Waals surface area contributed by atoms with Crippen molar-refractivity contribution in [3.05, 3.63) is 18.0 Å². The monoisotopic (exact) mass is 232 g/mol. The first-order valence-electron chi connectivity index (χ1n) is 5.73. The van der Waals surface area contributed by atoms with Crippen molar-refractivity contribution in [2.24, 2.45) is 0 Å². The third kappa shape index (κ3) is 3.10. The molecule has 2 rings (SSSR count). The van der Waals surface area contributed by atoms with Gasteiger partial charge in [0.05, 0.1) is 18.5 Å². The van der Waals surface area contributed by atoms with Gasteiger partial charge in [-0.3, -0.25) is 4.98 Å². The van der Waals surface area contributed by atoms with Crippen LogP contribution in [0.2, 0.25) is 0 Å². The van der Waals surface area contributed by atoms with E-state index in [1.807, 2.05) is 20.8 Å². The maximum atomic E-state index is 9.19. The second kappa shape index (κ2) is 4.25. The molecule has 0 bridgehead atoms. The molecule has 0 saturated heterocycles. The van der Waals surface area contributed by atoms with Crippen LogP contribution >= 0.6 is 0 Å². The number of hydrogen-bond acceptors (Lipinski definition) is 4. The fourth-order valence-corrected chi connectivity index (χ4v) is 1.40. The average Bonchev–Trinajstić information content (AvgIpc) is 2.99. The summed E-state index contributed by atoms with van der Waals surface area (Å²) in [4.78, 5) is 4.06. The second-order valence-corrected chi connectivity index (χ2v) is 5.15. The van der Waals surface area contributed by atoms with E-state index in [1.165, 1.54) is 0 Å². The molecule has 1 aromatic heterocycles. The van der Waals surface area contributed by atoms with Gasteiger partial charge in [0, 0.05) is 0 Å². The largest absolute Gasteiger partial charge is 0.487 e. The Bertz CT molecular complexity index is 453. The predicted octanol–water partition coefficient (Wildman–Crippen LogP) is 2.67. The predicted molar refractivity (Wildman–Crippen MR) is 63.0 cm³/mol. The molecular formula is C13H16N2O2. The first-order valence-corrected chi connectivity index (χ1v) is 5.73. The average molecular weight is 232 g/mol. The van der Waals surface area contributed by atoms with Gasteiger partial charge in [0.1, 0.15) is 17.2 Å². The molecule has 1 aromatic rings. The number of pyridine rings is 1. The highest BCUT2D eigenvalue weighted by atomic mass is 16.5. The molecule has 1 heterocycles. The molecule has 90 valence electrons. The van der Waals surface area contributed by atoms with Gasteiger partial charge in [-0.1, -0.05) is 0 Å². The van der Waals surface area contributed by atoms with Crippen LogP contribution in [-0.2, 0) is 0 Å². The molecule has 17 heavy (non-hydrogen) atoms. The molecule has 1 aliphatic rings. The molecule has 0 amide bonds. The van der Waals surface area contributed by atoms with Crippen LogP contribution in [0.15, 0.2) is 12.4 Å². The summed E-state index contributed by atoms with van der Waals surface area (Å²) in [5.74, 6) is 1.01. The zero-order valence-electron chi connectivity index (χ0n) is 10.4. The van der Waals surface area contributed by atoms with Crippen molar-refractivity contribution in [3.63, 3.8) is 0 Å². The lowest BCUT2D eigenvalue weighted by Gasteiger charge is -2.22. The summed E-state index contributed by atoms with van der Waals surface area (Å²) in [6.45, 7) is 5.80. The maximum absolute atomic E-state index is 9.19. The zero-order valence-corrected chi connectivity index (χ0v) is 10.4. The standard InChI is InChI=1S/C13H16N2O2/c1-13(2,3)17-12-8-15-7-11(10(12)6-14)16-9-4-5-9/h7-9H,4-5H2,1-3H3. The van der Waals surface area contributed by atoms with Gasteiger partial charge >= 0.3 is 0 Å². The first kappa shape index (κ1) is 11.7. The van der Waals surface area contributed by atoms with Crippen molar-refractivity contribution in [1.82, 2.24) is 4.98 Å². The summed E-state index contributed by atoms with van der Waals surface area (Å²) in [5.41, 5.74) is 0.0766. The van der Waals surface area contributed by atoms with Gasteiger partial charge in [-0.05, 0) is 33.6 Å². The van der Waals surface area contributed by atoms with Gasteiger partial charge < -0.3 is 9.47 Å². The van der Waals surface area contributed by atoms with Crippen LogP contribution < -0.4 is 9.47 Å². The van der Waals surface area contributed by atoms with E-state index in [-0.39, 0.29) is 11.7 Å². The summed E-state index contributed by atoms with van der Waals surface area (Å²) in [6.07, 6.45) is 5.48. The van der Waals surface area contributed by atoms with Gasteiger partial charge in [-0.25, -0.2) is 0 Å². The van der Waals surface area contributed by atoms with Gasteiger partial charge in [0.15, 0.2) is 11.5 Å². The highest BCUT2D eigenvalue weighted by molar-refractivity contribution is 5.51. The number of rotatable bonds is 3. The van der Waals surface area contributed by atoms with Crippen molar-refractivity contribution >= 4 is 0 Å². The SMILES string of the molecule is CC(C)(C)Oc1cncc(OC2CC2)c1C#N. The quantitative estimate of drug-likeness (QED) is 0.804. The Morgan fingerprint density at radius 3 is 2.47 bits per heavy atom.